The number of halogens is 2. The van der Waals surface area contributed by atoms with Crippen LogP contribution in [-0.4, -0.2) is 89.3 Å². The maximum atomic E-state index is 12.0. The average Bonchev–Trinajstić information content (AvgIpc) is 3.84. The van der Waals surface area contributed by atoms with Crippen LogP contribution in [0.5, 0.6) is 23.0 Å². The third-order valence-corrected chi connectivity index (χ3v) is 12.1. The van der Waals surface area contributed by atoms with Crippen molar-refractivity contribution in [1.82, 2.24) is 9.80 Å². The van der Waals surface area contributed by atoms with E-state index in [1.165, 1.54) is 29.2 Å². The number of carboxylic acids is 1. The summed E-state index contributed by atoms with van der Waals surface area (Å²) in [6.07, 6.45) is 3.13. The zero-order valence-corrected chi connectivity index (χ0v) is 36.4. The summed E-state index contributed by atoms with van der Waals surface area (Å²) in [5.41, 5.74) is 7.30. The van der Waals surface area contributed by atoms with Gasteiger partial charge in [0.05, 0.1) is 36.5 Å². The minimum Gasteiger partial charge on any atom is -0.493 e. The molecule has 0 spiro atoms. The molecule has 4 aromatic rings. The van der Waals surface area contributed by atoms with E-state index in [1.807, 2.05) is 40.0 Å². The van der Waals surface area contributed by atoms with Gasteiger partial charge >= 0.3 is 12.1 Å². The lowest BCUT2D eigenvalue weighted by Gasteiger charge is -2.33. The second-order valence-corrected chi connectivity index (χ2v) is 16.1. The van der Waals surface area contributed by atoms with E-state index >= 15 is 0 Å². The molecule has 0 aliphatic heterocycles. The highest BCUT2D eigenvalue weighted by molar-refractivity contribution is 6.32. The predicted molar refractivity (Wildman–Crippen MR) is 228 cm³/mol. The molecule has 2 aliphatic rings. The van der Waals surface area contributed by atoms with E-state index in [1.54, 1.807) is 24.1 Å². The maximum Gasteiger partial charge on any atom is 0.373 e. The van der Waals surface area contributed by atoms with Gasteiger partial charge in [-0.1, -0.05) is 59.6 Å². The molecular formula is C46H54Cl2N2O10. The Morgan fingerprint density at radius 3 is 1.65 bits per heavy atom. The number of benzene rings is 4. The molecule has 60 heavy (non-hydrogen) atoms. The zero-order valence-electron chi connectivity index (χ0n) is 34.9. The van der Waals surface area contributed by atoms with Crippen molar-refractivity contribution >= 4 is 35.3 Å². The number of aliphatic hydroxyl groups excluding tert-OH is 2. The molecule has 322 valence electrons. The summed E-state index contributed by atoms with van der Waals surface area (Å²) < 4.78 is 25.3. The first kappa shape index (κ1) is 46.4. The van der Waals surface area contributed by atoms with E-state index in [0.717, 1.165) is 48.1 Å². The van der Waals surface area contributed by atoms with Gasteiger partial charge in [-0.3, -0.25) is 14.6 Å². The number of carbonyl (C=O) groups excluding carboxylic acids is 2. The summed E-state index contributed by atoms with van der Waals surface area (Å²) in [6.45, 7) is 8.47. The minimum atomic E-state index is -1.48. The molecule has 3 N–H and O–H groups in total. The van der Waals surface area contributed by atoms with Gasteiger partial charge in [0, 0.05) is 42.4 Å². The molecule has 0 amide bonds. The number of aliphatic carboxylic acids is 1. The molecule has 2 aliphatic carbocycles. The van der Waals surface area contributed by atoms with Crippen molar-refractivity contribution in [3.8, 4) is 34.1 Å². The molecule has 0 unspecified atom stereocenters. The first-order chi connectivity index (χ1) is 28.7. The van der Waals surface area contributed by atoms with Crippen LogP contribution in [0.3, 0.4) is 0 Å². The number of fused-ring (bicyclic) bond motifs is 2. The Bertz CT molecular complexity index is 2180. The lowest BCUT2D eigenvalue weighted by Crippen LogP contribution is -2.52. The third-order valence-electron chi connectivity index (χ3n) is 11.5. The number of carbonyl (C=O) groups is 1. The SMILES string of the molecule is CCOc1cc(O[C@H]2CCc3c(-c4cccc5c4CC[C@@H]5Oc4cc(OCC)c(CN(C)[C@@](C)(CO)C(=O)O)cc4Cl)cccc32)c(Cl)cc1CN(C)[C@@H](C)CO.O=C=O. The zero-order chi connectivity index (χ0) is 43.7. The van der Waals surface area contributed by atoms with Crippen molar-refractivity contribution in [2.45, 2.75) is 90.3 Å². The summed E-state index contributed by atoms with van der Waals surface area (Å²) in [7, 11) is 3.61. The number of carboxylic acid groups (broad SMARTS) is 1. The number of ether oxygens (including phenoxy) is 4. The van der Waals surface area contributed by atoms with Crippen molar-refractivity contribution in [2.75, 3.05) is 40.5 Å². The van der Waals surface area contributed by atoms with Gasteiger partial charge in [0.2, 0.25) is 0 Å². The molecule has 4 atom stereocenters. The van der Waals surface area contributed by atoms with E-state index < -0.39 is 18.1 Å². The minimum absolute atomic E-state index is 0.00847. The highest BCUT2D eigenvalue weighted by atomic mass is 35.5. The molecular weight excluding hydrogens is 811 g/mol. The molecule has 0 saturated carbocycles. The summed E-state index contributed by atoms with van der Waals surface area (Å²) in [5.74, 6) is 1.22. The molecule has 0 aromatic heterocycles. The van der Waals surface area contributed by atoms with Crippen LogP contribution in [0.1, 0.15) is 86.1 Å². The lowest BCUT2D eigenvalue weighted by molar-refractivity contribution is -0.191. The summed E-state index contributed by atoms with van der Waals surface area (Å²) in [4.78, 5) is 31.8. The van der Waals surface area contributed by atoms with Crippen LogP contribution in [0, 0.1) is 0 Å². The van der Waals surface area contributed by atoms with Gasteiger partial charge in [0.1, 0.15) is 40.7 Å². The van der Waals surface area contributed by atoms with E-state index in [9.17, 15) is 20.1 Å². The quantitative estimate of drug-likeness (QED) is 0.0886. The number of nitrogens with zero attached hydrogens (tertiary/aromatic N) is 2. The Balaban J connectivity index is 0.00000221. The Morgan fingerprint density at radius 2 is 1.25 bits per heavy atom. The maximum absolute atomic E-state index is 12.0. The number of likely N-dealkylation sites (N-methyl/N-ethyl adjacent to an activating group) is 2. The highest BCUT2D eigenvalue weighted by Gasteiger charge is 2.38. The first-order valence-corrected chi connectivity index (χ1v) is 20.8. The van der Waals surface area contributed by atoms with Gasteiger partial charge in [-0.05, 0) is 113 Å². The van der Waals surface area contributed by atoms with Crippen molar-refractivity contribution in [1.29, 1.82) is 0 Å². The Morgan fingerprint density at radius 1 is 0.800 bits per heavy atom. The molecule has 12 nitrogen and oxygen atoms in total. The topological polar surface area (TPSA) is 155 Å². The van der Waals surface area contributed by atoms with Crippen LogP contribution in [0.4, 0.5) is 0 Å². The molecule has 6 rings (SSSR count). The Kier molecular flexibility index (Phi) is 16.0. The fourth-order valence-electron chi connectivity index (χ4n) is 7.79. The number of aliphatic hydroxyl groups is 2. The summed E-state index contributed by atoms with van der Waals surface area (Å²) >= 11 is 13.7. The molecule has 0 saturated heterocycles. The Labute approximate surface area is 361 Å². The van der Waals surface area contributed by atoms with E-state index in [4.69, 9.17) is 51.7 Å². The van der Waals surface area contributed by atoms with Crippen molar-refractivity contribution in [2.24, 2.45) is 0 Å². The van der Waals surface area contributed by atoms with Crippen LogP contribution < -0.4 is 18.9 Å². The lowest BCUT2D eigenvalue weighted by atomic mass is 9.91. The fourth-order valence-corrected chi connectivity index (χ4v) is 8.26. The van der Waals surface area contributed by atoms with Gasteiger partial charge in [-0.2, -0.15) is 9.59 Å². The molecule has 0 bridgehead atoms. The smallest absolute Gasteiger partial charge is 0.373 e. The normalized spacial score (nSPS) is 16.9. The van der Waals surface area contributed by atoms with Gasteiger partial charge in [0.15, 0.2) is 0 Å². The van der Waals surface area contributed by atoms with Gasteiger partial charge in [-0.15, -0.1) is 0 Å². The number of hydrogen-bond acceptors (Lipinski definition) is 11. The van der Waals surface area contributed by atoms with Gasteiger partial charge < -0.3 is 34.3 Å². The molecule has 0 radical (unpaired) electrons. The summed E-state index contributed by atoms with van der Waals surface area (Å²) in [6, 6.07) is 20.2. The van der Waals surface area contributed by atoms with Gasteiger partial charge in [0.25, 0.3) is 0 Å². The van der Waals surface area contributed by atoms with Gasteiger partial charge in [-0.25, -0.2) is 0 Å². The average molecular weight is 866 g/mol. The summed E-state index contributed by atoms with van der Waals surface area (Å²) in [5, 5.41) is 30.2. The molecule has 0 heterocycles. The highest BCUT2D eigenvalue weighted by Crippen LogP contribution is 2.47. The first-order valence-electron chi connectivity index (χ1n) is 20.1. The van der Waals surface area contributed by atoms with Crippen LogP contribution in [0.15, 0.2) is 60.7 Å². The Hall–Kier alpha value is -4.65. The largest absolute Gasteiger partial charge is 0.493 e. The van der Waals surface area contributed by atoms with E-state index in [2.05, 4.69) is 41.3 Å². The molecule has 0 fully saturated rings. The van der Waals surface area contributed by atoms with Crippen molar-refractivity contribution in [3.05, 3.63) is 104 Å². The number of hydrogen-bond donors (Lipinski definition) is 3. The molecule has 14 heteroatoms. The third kappa shape index (κ3) is 10.1. The van der Waals surface area contributed by atoms with Crippen LogP contribution >= 0.6 is 23.2 Å². The van der Waals surface area contributed by atoms with Crippen LogP contribution in [-0.2, 0) is 40.3 Å². The second-order valence-electron chi connectivity index (χ2n) is 15.3. The monoisotopic (exact) mass is 864 g/mol. The fraction of sp³-hybridized carbons (Fsp3) is 0.435. The standard InChI is InChI=1S/C45H54Cl2N2O8.CO2/c1-7-54-40-21-42(36(46)19-28(40)23-48(5)27(3)25-50)56-38-17-15-32-30(11-9-13-34(32)38)31-12-10-14-35-33(31)16-18-39(35)57-43-22-41(55-8-2)29(20-37(43)47)24-49(6)45(4,26-51)44(52)53;2-1-3/h9-14,19-22,27,38-39,50-51H,7-8,15-18,23-26H2,1-6H3,(H,52,53);/t27-,38-,39-,45-;/m0./s1. The predicted octanol–water partition coefficient (Wildman–Crippen LogP) is 8.09. The van der Waals surface area contributed by atoms with Crippen molar-refractivity contribution in [3.63, 3.8) is 0 Å². The number of rotatable bonds is 18. The van der Waals surface area contributed by atoms with E-state index in [0.29, 0.717) is 52.6 Å². The second kappa shape index (κ2) is 20.7. The van der Waals surface area contributed by atoms with Crippen LogP contribution in [0.25, 0.3) is 11.1 Å². The van der Waals surface area contributed by atoms with Crippen molar-refractivity contribution < 1.29 is 48.7 Å². The molecule has 4 aromatic carbocycles. The van der Waals surface area contributed by atoms with Crippen LogP contribution in [0.2, 0.25) is 10.0 Å². The van der Waals surface area contributed by atoms with E-state index in [-0.39, 0.29) is 37.6 Å².